The van der Waals surface area contributed by atoms with Crippen molar-refractivity contribution in [3.63, 3.8) is 0 Å². The average Bonchev–Trinajstić information content (AvgIpc) is 3.28. The van der Waals surface area contributed by atoms with E-state index in [4.69, 9.17) is 30.5 Å². The lowest BCUT2D eigenvalue weighted by molar-refractivity contribution is -0.0925. The number of benzene rings is 2. The van der Waals surface area contributed by atoms with Gasteiger partial charge in [0, 0.05) is 57.1 Å². The number of aromatic nitrogens is 2. The number of aryl methyl sites for hydroxylation is 1. The first-order valence-corrected chi connectivity index (χ1v) is 11.9. The first kappa shape index (κ1) is 24.5. The Bertz CT molecular complexity index is 1020. The highest BCUT2D eigenvalue weighted by Crippen LogP contribution is 2.23. The van der Waals surface area contributed by atoms with Gasteiger partial charge in [-0.2, -0.15) is 5.10 Å². The number of ether oxygens (including phenoxy) is 4. The van der Waals surface area contributed by atoms with Crippen molar-refractivity contribution in [3.05, 3.63) is 77.6 Å². The molecule has 182 valence electrons. The zero-order valence-corrected chi connectivity index (χ0v) is 20.3. The fourth-order valence-electron chi connectivity index (χ4n) is 4.00. The highest BCUT2D eigenvalue weighted by atomic mass is 35.5. The van der Waals surface area contributed by atoms with Crippen molar-refractivity contribution in [3.8, 4) is 11.5 Å². The van der Waals surface area contributed by atoms with Crippen LogP contribution in [0, 0.1) is 0 Å². The summed E-state index contributed by atoms with van der Waals surface area (Å²) < 4.78 is 25.8. The molecule has 4 rings (SSSR count). The molecule has 1 fully saturated rings. The number of nitrogens with zero attached hydrogens (tertiary/aromatic N) is 3. The molecular formula is C26H32ClN3O4. The molecule has 1 atom stereocenters. The molecule has 0 N–H and O–H groups in total. The highest BCUT2D eigenvalue weighted by molar-refractivity contribution is 6.30. The fraction of sp³-hybridized carbons (Fsp3) is 0.423. The molecule has 0 radical (unpaired) electrons. The molecule has 2 aromatic carbocycles. The van der Waals surface area contributed by atoms with E-state index in [0.29, 0.717) is 38.0 Å². The van der Waals surface area contributed by atoms with Gasteiger partial charge in [0.2, 0.25) is 0 Å². The van der Waals surface area contributed by atoms with Gasteiger partial charge in [0.05, 0.1) is 19.8 Å². The maximum absolute atomic E-state index is 6.09. The number of methoxy groups -OCH3 is 1. The smallest absolute Gasteiger partial charge is 0.137 e. The topological polar surface area (TPSA) is 58.0 Å². The molecule has 7 nitrogen and oxygen atoms in total. The standard InChI is InChI=1S/C26H32ClN3O4/c1-31-26(21-34-25-9-3-7-23(27)17-25)19-29(13-15-32-20-26)18-22-6-2-8-24(16-22)33-14-5-12-30-11-4-10-28-30/h2-4,6-11,16-17H,5,12-15,18-21H2,1H3. The van der Waals surface area contributed by atoms with E-state index in [0.717, 1.165) is 37.6 Å². The predicted molar refractivity (Wildman–Crippen MR) is 132 cm³/mol. The minimum absolute atomic E-state index is 0.375. The van der Waals surface area contributed by atoms with Crippen molar-refractivity contribution in [2.45, 2.75) is 25.1 Å². The molecule has 0 saturated carbocycles. The lowest BCUT2D eigenvalue weighted by Crippen LogP contribution is -2.50. The van der Waals surface area contributed by atoms with Crippen LogP contribution in [0.4, 0.5) is 0 Å². The number of hydrogen-bond acceptors (Lipinski definition) is 6. The SMILES string of the molecule is COC1(COc2cccc(Cl)c2)COCCN(Cc2cccc(OCCCn3cccn3)c2)C1. The van der Waals surface area contributed by atoms with Gasteiger partial charge in [0.1, 0.15) is 23.7 Å². The van der Waals surface area contributed by atoms with E-state index in [1.807, 2.05) is 47.3 Å². The first-order chi connectivity index (χ1) is 16.6. The Hall–Kier alpha value is -2.58. The molecule has 8 heteroatoms. The normalized spacial score (nSPS) is 19.0. The molecule has 34 heavy (non-hydrogen) atoms. The van der Waals surface area contributed by atoms with Gasteiger partial charge in [-0.25, -0.2) is 0 Å². The summed E-state index contributed by atoms with van der Waals surface area (Å²) in [5.41, 5.74) is 0.617. The van der Waals surface area contributed by atoms with Crippen LogP contribution in [0.15, 0.2) is 67.0 Å². The first-order valence-electron chi connectivity index (χ1n) is 11.6. The fourth-order valence-corrected chi connectivity index (χ4v) is 4.18. The Morgan fingerprint density at radius 3 is 2.74 bits per heavy atom. The Balaban J connectivity index is 1.32. The summed E-state index contributed by atoms with van der Waals surface area (Å²) in [6, 6.07) is 17.6. The van der Waals surface area contributed by atoms with Crippen LogP contribution in [0.1, 0.15) is 12.0 Å². The van der Waals surface area contributed by atoms with Gasteiger partial charge in [-0.05, 0) is 42.0 Å². The average molecular weight is 486 g/mol. The van der Waals surface area contributed by atoms with Crippen molar-refractivity contribution in [1.82, 2.24) is 14.7 Å². The third-order valence-corrected chi connectivity index (χ3v) is 6.06. The molecular weight excluding hydrogens is 454 g/mol. The lowest BCUT2D eigenvalue weighted by atomic mass is 10.1. The van der Waals surface area contributed by atoms with Crippen LogP contribution in [0.5, 0.6) is 11.5 Å². The van der Waals surface area contributed by atoms with Crippen LogP contribution in [-0.4, -0.2) is 66.9 Å². The molecule has 1 aromatic heterocycles. The van der Waals surface area contributed by atoms with Crippen LogP contribution < -0.4 is 9.47 Å². The quantitative estimate of drug-likeness (QED) is 0.377. The van der Waals surface area contributed by atoms with Gasteiger partial charge in [-0.1, -0.05) is 29.8 Å². The zero-order chi connectivity index (χ0) is 23.6. The van der Waals surface area contributed by atoms with E-state index in [-0.39, 0.29) is 0 Å². The van der Waals surface area contributed by atoms with Crippen LogP contribution in [0.25, 0.3) is 0 Å². The summed E-state index contributed by atoms with van der Waals surface area (Å²) in [7, 11) is 1.71. The van der Waals surface area contributed by atoms with Crippen molar-refractivity contribution >= 4 is 11.6 Å². The van der Waals surface area contributed by atoms with Gasteiger partial charge in [0.15, 0.2) is 0 Å². The second-order valence-electron chi connectivity index (χ2n) is 8.51. The minimum Gasteiger partial charge on any atom is -0.494 e. The Morgan fingerprint density at radius 1 is 1.09 bits per heavy atom. The Morgan fingerprint density at radius 2 is 1.94 bits per heavy atom. The zero-order valence-electron chi connectivity index (χ0n) is 19.6. The Labute approximate surface area is 206 Å². The predicted octanol–water partition coefficient (Wildman–Crippen LogP) is 4.30. The van der Waals surface area contributed by atoms with E-state index in [1.165, 1.54) is 5.56 Å². The highest BCUT2D eigenvalue weighted by Gasteiger charge is 2.36. The second kappa shape index (κ2) is 12.2. The van der Waals surface area contributed by atoms with E-state index >= 15 is 0 Å². The summed E-state index contributed by atoms with van der Waals surface area (Å²) >= 11 is 6.09. The summed E-state index contributed by atoms with van der Waals surface area (Å²) in [6.45, 7) is 5.27. The molecule has 1 aliphatic rings. The van der Waals surface area contributed by atoms with Gasteiger partial charge >= 0.3 is 0 Å². The molecule has 0 spiro atoms. The van der Waals surface area contributed by atoms with Crippen LogP contribution >= 0.6 is 11.6 Å². The van der Waals surface area contributed by atoms with Crippen LogP contribution in [0.3, 0.4) is 0 Å². The molecule has 2 heterocycles. The van der Waals surface area contributed by atoms with Crippen molar-refractivity contribution in [2.75, 3.05) is 46.6 Å². The number of hydrogen-bond donors (Lipinski definition) is 0. The molecule has 1 aliphatic heterocycles. The van der Waals surface area contributed by atoms with Crippen molar-refractivity contribution < 1.29 is 18.9 Å². The van der Waals surface area contributed by atoms with Gasteiger partial charge < -0.3 is 18.9 Å². The monoisotopic (exact) mass is 485 g/mol. The van der Waals surface area contributed by atoms with Crippen molar-refractivity contribution in [1.29, 1.82) is 0 Å². The van der Waals surface area contributed by atoms with Gasteiger partial charge in [0.25, 0.3) is 0 Å². The van der Waals surface area contributed by atoms with E-state index in [9.17, 15) is 0 Å². The van der Waals surface area contributed by atoms with E-state index < -0.39 is 5.60 Å². The minimum atomic E-state index is -0.570. The maximum Gasteiger partial charge on any atom is 0.137 e. The molecule has 0 amide bonds. The third-order valence-electron chi connectivity index (χ3n) is 5.82. The van der Waals surface area contributed by atoms with Gasteiger partial charge in [-0.15, -0.1) is 0 Å². The van der Waals surface area contributed by atoms with Crippen LogP contribution in [0.2, 0.25) is 5.02 Å². The van der Waals surface area contributed by atoms with Crippen LogP contribution in [-0.2, 0) is 22.6 Å². The Kier molecular flexibility index (Phi) is 8.82. The lowest BCUT2D eigenvalue weighted by Gasteiger charge is -2.34. The molecule has 0 aliphatic carbocycles. The summed E-state index contributed by atoms with van der Waals surface area (Å²) in [6.07, 6.45) is 4.66. The second-order valence-corrected chi connectivity index (χ2v) is 8.95. The third kappa shape index (κ3) is 7.21. The van der Waals surface area contributed by atoms with E-state index in [2.05, 4.69) is 22.1 Å². The van der Waals surface area contributed by atoms with Crippen molar-refractivity contribution in [2.24, 2.45) is 0 Å². The number of halogens is 1. The summed E-state index contributed by atoms with van der Waals surface area (Å²) in [5, 5.41) is 4.87. The summed E-state index contributed by atoms with van der Waals surface area (Å²) in [4.78, 5) is 2.34. The molecule has 3 aromatic rings. The molecule has 1 saturated heterocycles. The van der Waals surface area contributed by atoms with Gasteiger partial charge in [-0.3, -0.25) is 9.58 Å². The molecule has 0 bridgehead atoms. The molecule has 1 unspecified atom stereocenters. The maximum atomic E-state index is 6.09. The largest absolute Gasteiger partial charge is 0.494 e. The van der Waals surface area contributed by atoms with E-state index in [1.54, 1.807) is 19.4 Å². The summed E-state index contributed by atoms with van der Waals surface area (Å²) in [5.74, 6) is 1.60. The number of rotatable bonds is 11.